The van der Waals surface area contributed by atoms with Crippen LogP contribution in [0.15, 0.2) is 58.4 Å². The van der Waals surface area contributed by atoms with Gasteiger partial charge in [0.15, 0.2) is 0 Å². The molecular weight excluding hydrogens is 411 g/mol. The number of benzene rings is 2. The van der Waals surface area contributed by atoms with Crippen LogP contribution in [0.2, 0.25) is 0 Å². The molecule has 29 heavy (non-hydrogen) atoms. The van der Waals surface area contributed by atoms with Crippen molar-refractivity contribution in [1.82, 2.24) is 10.0 Å². The van der Waals surface area contributed by atoms with Crippen molar-refractivity contribution in [3.8, 4) is 5.75 Å². The van der Waals surface area contributed by atoms with Crippen LogP contribution in [0.25, 0.3) is 0 Å². The van der Waals surface area contributed by atoms with Crippen LogP contribution in [0.3, 0.4) is 0 Å². The summed E-state index contributed by atoms with van der Waals surface area (Å²) in [5, 5.41) is 2.65. The molecule has 0 fully saturated rings. The molecule has 1 amide bonds. The van der Waals surface area contributed by atoms with Crippen LogP contribution < -0.4 is 14.8 Å². The summed E-state index contributed by atoms with van der Waals surface area (Å²) in [5.41, 5.74) is 0.945. The Morgan fingerprint density at radius 3 is 2.48 bits per heavy atom. The summed E-state index contributed by atoms with van der Waals surface area (Å²) in [4.78, 5) is 16.3. The highest BCUT2D eigenvalue weighted by molar-refractivity contribution is 7.90. The van der Waals surface area contributed by atoms with Crippen LogP contribution in [-0.2, 0) is 14.8 Å². The number of amidine groups is 1. The molecule has 0 aliphatic carbocycles. The van der Waals surface area contributed by atoms with Crippen molar-refractivity contribution >= 4 is 21.8 Å². The topological polar surface area (TPSA) is 96.9 Å². The van der Waals surface area contributed by atoms with E-state index < -0.39 is 28.3 Å². The van der Waals surface area contributed by atoms with E-state index in [2.05, 4.69) is 19.8 Å². The van der Waals surface area contributed by atoms with Gasteiger partial charge in [-0.15, -0.1) is 13.2 Å². The van der Waals surface area contributed by atoms with Gasteiger partial charge in [0.1, 0.15) is 18.1 Å². The monoisotopic (exact) mass is 427 g/mol. The van der Waals surface area contributed by atoms with Gasteiger partial charge in [0.05, 0.1) is 10.9 Å². The van der Waals surface area contributed by atoms with Crippen molar-refractivity contribution in [2.24, 2.45) is 4.99 Å². The molecule has 1 aliphatic rings. The molecule has 0 saturated heterocycles. The zero-order valence-corrected chi connectivity index (χ0v) is 15.8. The van der Waals surface area contributed by atoms with Gasteiger partial charge in [0.2, 0.25) is 5.91 Å². The fourth-order valence-corrected chi connectivity index (χ4v) is 3.98. The third kappa shape index (κ3) is 5.05. The minimum absolute atomic E-state index is 0.0806. The summed E-state index contributed by atoms with van der Waals surface area (Å²) < 4.78 is 66.7. The minimum atomic E-state index is -4.78. The summed E-state index contributed by atoms with van der Waals surface area (Å²) in [6.45, 7) is 1.32. The Bertz CT molecular complexity index is 1050. The van der Waals surface area contributed by atoms with Gasteiger partial charge < -0.3 is 10.1 Å². The molecule has 0 saturated carbocycles. The molecule has 1 heterocycles. The van der Waals surface area contributed by atoms with Crippen LogP contribution in [0.4, 0.5) is 13.2 Å². The van der Waals surface area contributed by atoms with Gasteiger partial charge in [-0.3, -0.25) is 14.5 Å². The van der Waals surface area contributed by atoms with Crippen LogP contribution in [0.1, 0.15) is 24.1 Å². The first-order chi connectivity index (χ1) is 13.5. The Labute approximate surface area is 164 Å². The Balaban J connectivity index is 1.62. The number of ether oxygens (including phenoxy) is 1. The number of alkyl halides is 3. The van der Waals surface area contributed by atoms with Gasteiger partial charge in [-0.1, -0.05) is 24.3 Å². The normalized spacial score (nSPS) is 17.3. The van der Waals surface area contributed by atoms with E-state index in [0.29, 0.717) is 11.1 Å². The van der Waals surface area contributed by atoms with E-state index in [4.69, 9.17) is 0 Å². The maximum absolute atomic E-state index is 12.2. The molecule has 11 heteroatoms. The molecule has 0 aromatic heterocycles. The standard InChI is InChI=1S/C18H16F3N3O4S/c1-11(12-6-8-13(9-7-12)28-18(19,20)21)23-16(25)10-22-17-14-4-2-3-5-15(14)29(26,27)24-17/h2-9,11H,10H2,1H3,(H,22,24)(H,23,25). The largest absolute Gasteiger partial charge is 0.573 e. The average molecular weight is 427 g/mol. The molecule has 2 N–H and O–H groups in total. The number of hydrogen-bond acceptors (Lipinski definition) is 5. The smallest absolute Gasteiger partial charge is 0.406 e. The lowest BCUT2D eigenvalue weighted by atomic mass is 10.1. The summed E-state index contributed by atoms with van der Waals surface area (Å²) in [5.74, 6) is -0.764. The molecule has 0 spiro atoms. The lowest BCUT2D eigenvalue weighted by molar-refractivity contribution is -0.274. The van der Waals surface area contributed by atoms with Crippen molar-refractivity contribution in [2.75, 3.05) is 6.54 Å². The highest BCUT2D eigenvalue weighted by Crippen LogP contribution is 2.24. The number of amides is 1. The summed E-state index contributed by atoms with van der Waals surface area (Å²) in [6, 6.07) is 10.9. The number of carbonyl (C=O) groups is 1. The second kappa shape index (κ2) is 7.74. The van der Waals surface area contributed by atoms with Crippen molar-refractivity contribution in [3.05, 3.63) is 59.7 Å². The van der Waals surface area contributed by atoms with Gasteiger partial charge >= 0.3 is 6.36 Å². The number of nitrogens with zero attached hydrogens (tertiary/aromatic N) is 1. The molecule has 0 radical (unpaired) electrons. The second-order valence-electron chi connectivity index (χ2n) is 6.17. The van der Waals surface area contributed by atoms with E-state index in [-0.39, 0.29) is 23.0 Å². The van der Waals surface area contributed by atoms with Crippen molar-refractivity contribution in [1.29, 1.82) is 0 Å². The molecule has 2 aromatic rings. The molecule has 0 bridgehead atoms. The Morgan fingerprint density at radius 1 is 1.17 bits per heavy atom. The third-order valence-corrected chi connectivity index (χ3v) is 5.43. The predicted octanol–water partition coefficient (Wildman–Crippen LogP) is 2.50. The SMILES string of the molecule is CC(NC(=O)CN=C1NS(=O)(=O)c2ccccc21)c1ccc(OC(F)(F)F)cc1. The number of rotatable bonds is 5. The first-order valence-electron chi connectivity index (χ1n) is 8.37. The molecule has 1 atom stereocenters. The average Bonchev–Trinajstić information content (AvgIpc) is 2.90. The zero-order valence-electron chi connectivity index (χ0n) is 15.0. The van der Waals surface area contributed by atoms with Crippen molar-refractivity contribution in [3.63, 3.8) is 0 Å². The summed E-state index contributed by atoms with van der Waals surface area (Å²) in [6.07, 6.45) is -4.78. The van der Waals surface area contributed by atoms with Crippen LogP contribution in [-0.4, -0.2) is 33.1 Å². The number of carbonyl (C=O) groups excluding carboxylic acids is 1. The van der Waals surface area contributed by atoms with Gasteiger partial charge in [-0.05, 0) is 36.8 Å². The molecule has 7 nitrogen and oxygen atoms in total. The molecule has 154 valence electrons. The number of aliphatic imine (C=N–C) groups is 1. The Kier molecular flexibility index (Phi) is 5.51. The quantitative estimate of drug-likeness (QED) is 0.766. The molecule has 1 unspecified atom stereocenters. The number of sulfonamides is 1. The van der Waals surface area contributed by atoms with Crippen LogP contribution >= 0.6 is 0 Å². The number of hydrogen-bond donors (Lipinski definition) is 2. The first-order valence-corrected chi connectivity index (χ1v) is 9.85. The Hall–Kier alpha value is -3.08. The number of halogens is 3. The molecule has 3 rings (SSSR count). The maximum atomic E-state index is 12.2. The third-order valence-electron chi connectivity index (χ3n) is 4.03. The second-order valence-corrected chi connectivity index (χ2v) is 7.82. The fraction of sp³-hybridized carbons (Fsp3) is 0.222. The molecular formula is C18H16F3N3O4S. The maximum Gasteiger partial charge on any atom is 0.573 e. The highest BCUT2D eigenvalue weighted by atomic mass is 32.2. The van der Waals surface area contributed by atoms with Crippen molar-refractivity contribution in [2.45, 2.75) is 24.2 Å². The van der Waals surface area contributed by atoms with Crippen molar-refractivity contribution < 1.29 is 31.1 Å². The lowest BCUT2D eigenvalue weighted by Crippen LogP contribution is -2.30. The van der Waals surface area contributed by atoms with E-state index in [1.807, 2.05) is 0 Å². The Morgan fingerprint density at radius 2 is 1.83 bits per heavy atom. The first kappa shape index (κ1) is 20.6. The fourth-order valence-electron chi connectivity index (χ4n) is 2.73. The summed E-state index contributed by atoms with van der Waals surface area (Å²) in [7, 11) is -3.69. The highest BCUT2D eigenvalue weighted by Gasteiger charge is 2.31. The van der Waals surface area contributed by atoms with E-state index in [1.165, 1.54) is 18.2 Å². The van der Waals surface area contributed by atoms with E-state index in [9.17, 15) is 26.4 Å². The van der Waals surface area contributed by atoms with E-state index in [0.717, 1.165) is 12.1 Å². The minimum Gasteiger partial charge on any atom is -0.406 e. The van der Waals surface area contributed by atoms with Gasteiger partial charge in [0.25, 0.3) is 10.0 Å². The number of nitrogens with one attached hydrogen (secondary N) is 2. The van der Waals surface area contributed by atoms with Crippen LogP contribution in [0.5, 0.6) is 5.75 Å². The predicted molar refractivity (Wildman–Crippen MR) is 97.9 cm³/mol. The molecule has 1 aliphatic heterocycles. The van der Waals surface area contributed by atoms with Gasteiger partial charge in [-0.25, -0.2) is 8.42 Å². The van der Waals surface area contributed by atoms with Gasteiger partial charge in [-0.2, -0.15) is 0 Å². The van der Waals surface area contributed by atoms with E-state index in [1.54, 1.807) is 25.1 Å². The van der Waals surface area contributed by atoms with Crippen LogP contribution in [0, 0.1) is 0 Å². The van der Waals surface area contributed by atoms with Gasteiger partial charge in [0, 0.05) is 5.56 Å². The number of fused-ring (bicyclic) bond motifs is 1. The summed E-state index contributed by atoms with van der Waals surface area (Å²) >= 11 is 0. The zero-order chi connectivity index (χ0) is 21.2. The van der Waals surface area contributed by atoms with E-state index >= 15 is 0 Å². The molecule has 2 aromatic carbocycles. The lowest BCUT2D eigenvalue weighted by Gasteiger charge is -2.15.